The first-order valence-electron chi connectivity index (χ1n) is 4.41. The molecule has 3 nitrogen and oxygen atoms in total. The highest BCUT2D eigenvalue weighted by atomic mass is 19.4. The first kappa shape index (κ1) is 13.7. The van der Waals surface area contributed by atoms with Gasteiger partial charge in [0.15, 0.2) is 6.10 Å². The highest BCUT2D eigenvalue weighted by molar-refractivity contribution is 4.64. The van der Waals surface area contributed by atoms with Gasteiger partial charge in [0.25, 0.3) is 0 Å². The average molecular weight is 215 g/mol. The fourth-order valence-corrected chi connectivity index (χ4v) is 0.766. The molecule has 0 aliphatic rings. The van der Waals surface area contributed by atoms with Gasteiger partial charge in [0, 0.05) is 13.2 Å². The number of rotatable bonds is 6. The van der Waals surface area contributed by atoms with Crippen LogP contribution in [0.5, 0.6) is 0 Å². The Bertz CT molecular complexity index is 152. The summed E-state index contributed by atoms with van der Waals surface area (Å²) in [4.78, 5) is 0. The van der Waals surface area contributed by atoms with Gasteiger partial charge in [-0.25, -0.2) is 0 Å². The Balaban J connectivity index is 3.79. The van der Waals surface area contributed by atoms with E-state index in [0.29, 0.717) is 6.61 Å². The van der Waals surface area contributed by atoms with Crippen LogP contribution in [0.3, 0.4) is 0 Å². The zero-order valence-corrected chi connectivity index (χ0v) is 8.30. The molecule has 2 N–H and O–H groups in total. The number of hydrogen-bond acceptors (Lipinski definition) is 3. The summed E-state index contributed by atoms with van der Waals surface area (Å²) in [6.07, 6.45) is -6.58. The molecule has 6 heteroatoms. The molecule has 0 amide bonds. The number of ether oxygens (including phenoxy) is 2. The van der Waals surface area contributed by atoms with Crippen LogP contribution in [0.1, 0.15) is 13.8 Å². The summed E-state index contributed by atoms with van der Waals surface area (Å²) in [6, 6.07) is 0. The van der Waals surface area contributed by atoms with Crippen molar-refractivity contribution < 1.29 is 22.6 Å². The predicted molar refractivity (Wildman–Crippen MR) is 45.9 cm³/mol. The maximum atomic E-state index is 12.0. The quantitative estimate of drug-likeness (QED) is 0.726. The van der Waals surface area contributed by atoms with Crippen molar-refractivity contribution in [1.82, 2.24) is 0 Å². The van der Waals surface area contributed by atoms with Gasteiger partial charge in [-0.05, 0) is 13.8 Å². The van der Waals surface area contributed by atoms with Crippen LogP contribution in [0.2, 0.25) is 0 Å². The van der Waals surface area contributed by atoms with Gasteiger partial charge in [-0.3, -0.25) is 0 Å². The second kappa shape index (κ2) is 6.21. The first-order valence-corrected chi connectivity index (χ1v) is 4.41. The van der Waals surface area contributed by atoms with Gasteiger partial charge >= 0.3 is 6.18 Å². The summed E-state index contributed by atoms with van der Waals surface area (Å²) in [5.41, 5.74) is 5.27. The normalized spacial score (nSPS) is 16.7. The van der Waals surface area contributed by atoms with Gasteiger partial charge in [-0.15, -0.1) is 0 Å². The van der Waals surface area contributed by atoms with Gasteiger partial charge in [0.1, 0.15) is 0 Å². The Kier molecular flexibility index (Phi) is 6.06. The van der Waals surface area contributed by atoms with Crippen LogP contribution in [0.4, 0.5) is 13.2 Å². The van der Waals surface area contributed by atoms with Crippen molar-refractivity contribution in [3.63, 3.8) is 0 Å². The molecule has 0 aromatic heterocycles. The monoisotopic (exact) mass is 215 g/mol. The van der Waals surface area contributed by atoms with Crippen molar-refractivity contribution in [3.8, 4) is 0 Å². The maximum absolute atomic E-state index is 12.0. The first-order chi connectivity index (χ1) is 6.41. The molecule has 0 aromatic rings. The highest BCUT2D eigenvalue weighted by Crippen LogP contribution is 2.22. The Morgan fingerprint density at radius 3 is 2.21 bits per heavy atom. The lowest BCUT2D eigenvalue weighted by atomic mass is 10.3. The summed E-state index contributed by atoms with van der Waals surface area (Å²) in [7, 11) is 0. The van der Waals surface area contributed by atoms with Crippen LogP contribution in [0.25, 0.3) is 0 Å². The molecule has 0 fully saturated rings. The van der Waals surface area contributed by atoms with E-state index in [-0.39, 0.29) is 13.2 Å². The van der Waals surface area contributed by atoms with E-state index < -0.39 is 18.4 Å². The molecule has 86 valence electrons. The lowest BCUT2D eigenvalue weighted by Gasteiger charge is -2.20. The van der Waals surface area contributed by atoms with Gasteiger partial charge in [0.05, 0.1) is 12.7 Å². The van der Waals surface area contributed by atoms with E-state index in [0.717, 1.165) is 6.92 Å². The van der Waals surface area contributed by atoms with Crippen molar-refractivity contribution in [2.24, 2.45) is 5.73 Å². The number of alkyl halides is 3. The van der Waals surface area contributed by atoms with Gasteiger partial charge in [-0.2, -0.15) is 13.2 Å². The second-order valence-electron chi connectivity index (χ2n) is 2.83. The molecular weight excluding hydrogens is 199 g/mol. The summed E-state index contributed by atoms with van der Waals surface area (Å²) < 4.78 is 45.6. The third-order valence-corrected chi connectivity index (χ3v) is 1.66. The van der Waals surface area contributed by atoms with E-state index in [4.69, 9.17) is 10.5 Å². The van der Waals surface area contributed by atoms with Crippen molar-refractivity contribution in [1.29, 1.82) is 0 Å². The van der Waals surface area contributed by atoms with E-state index in [1.807, 2.05) is 0 Å². The highest BCUT2D eigenvalue weighted by Gasteiger charge is 2.37. The largest absolute Gasteiger partial charge is 0.414 e. The van der Waals surface area contributed by atoms with E-state index in [1.165, 1.54) is 0 Å². The molecule has 2 atom stereocenters. The SMILES string of the molecule is CCOC(CN)COC(C)C(F)(F)F. The van der Waals surface area contributed by atoms with E-state index in [1.54, 1.807) is 6.92 Å². The summed E-state index contributed by atoms with van der Waals surface area (Å²) in [5, 5.41) is 0. The standard InChI is InChI=1S/C8H16F3NO2/c1-3-13-7(4-12)5-14-6(2)8(9,10)11/h6-7H,3-5,12H2,1-2H3. The van der Waals surface area contributed by atoms with Crippen LogP contribution < -0.4 is 5.73 Å². The summed E-state index contributed by atoms with van der Waals surface area (Å²) >= 11 is 0. The molecule has 0 aliphatic carbocycles. The van der Waals surface area contributed by atoms with Gasteiger partial charge < -0.3 is 15.2 Å². The Morgan fingerprint density at radius 1 is 1.29 bits per heavy atom. The Labute approximate surface area is 81.4 Å². The smallest absolute Gasteiger partial charge is 0.375 e. The lowest BCUT2D eigenvalue weighted by Crippen LogP contribution is -2.35. The topological polar surface area (TPSA) is 44.5 Å². The fraction of sp³-hybridized carbons (Fsp3) is 1.00. The third-order valence-electron chi connectivity index (χ3n) is 1.66. The molecule has 0 saturated heterocycles. The molecule has 0 heterocycles. The molecule has 0 bridgehead atoms. The van der Waals surface area contributed by atoms with Crippen molar-refractivity contribution >= 4 is 0 Å². The predicted octanol–water partition coefficient (Wildman–Crippen LogP) is 1.32. The molecular formula is C8H16F3NO2. The molecule has 0 saturated carbocycles. The van der Waals surface area contributed by atoms with Crippen LogP contribution in [0.15, 0.2) is 0 Å². The van der Waals surface area contributed by atoms with Crippen molar-refractivity contribution in [3.05, 3.63) is 0 Å². The zero-order valence-electron chi connectivity index (χ0n) is 8.30. The fourth-order valence-electron chi connectivity index (χ4n) is 0.766. The minimum absolute atomic E-state index is 0.134. The van der Waals surface area contributed by atoms with Gasteiger partial charge in [0.2, 0.25) is 0 Å². The van der Waals surface area contributed by atoms with Crippen molar-refractivity contribution in [2.75, 3.05) is 19.8 Å². The summed E-state index contributed by atoms with van der Waals surface area (Å²) in [6.45, 7) is 3.13. The average Bonchev–Trinajstić information content (AvgIpc) is 2.10. The van der Waals surface area contributed by atoms with Crippen molar-refractivity contribution in [2.45, 2.75) is 32.2 Å². The number of halogens is 3. The van der Waals surface area contributed by atoms with Gasteiger partial charge in [-0.1, -0.05) is 0 Å². The molecule has 14 heavy (non-hydrogen) atoms. The number of nitrogens with two attached hydrogens (primary N) is 1. The minimum atomic E-state index is -4.33. The zero-order chi connectivity index (χ0) is 11.2. The Morgan fingerprint density at radius 2 is 1.86 bits per heavy atom. The molecule has 0 radical (unpaired) electrons. The molecule has 0 aliphatic heterocycles. The Hall–Kier alpha value is -0.330. The maximum Gasteiger partial charge on any atom is 0.414 e. The molecule has 0 rings (SSSR count). The van der Waals surface area contributed by atoms with Crippen LogP contribution in [0, 0.1) is 0 Å². The lowest BCUT2D eigenvalue weighted by molar-refractivity contribution is -0.220. The molecule has 0 spiro atoms. The van der Waals surface area contributed by atoms with Crippen LogP contribution in [-0.2, 0) is 9.47 Å². The van der Waals surface area contributed by atoms with E-state index >= 15 is 0 Å². The molecule has 0 aromatic carbocycles. The van der Waals surface area contributed by atoms with E-state index in [2.05, 4.69) is 4.74 Å². The van der Waals surface area contributed by atoms with Crippen LogP contribution >= 0.6 is 0 Å². The third kappa shape index (κ3) is 5.41. The van der Waals surface area contributed by atoms with Crippen LogP contribution in [-0.4, -0.2) is 38.1 Å². The van der Waals surface area contributed by atoms with E-state index in [9.17, 15) is 13.2 Å². The number of hydrogen-bond donors (Lipinski definition) is 1. The minimum Gasteiger partial charge on any atom is -0.375 e. The molecule has 2 unspecified atom stereocenters. The summed E-state index contributed by atoms with van der Waals surface area (Å²) in [5.74, 6) is 0. The second-order valence-corrected chi connectivity index (χ2v) is 2.83.